The minimum absolute atomic E-state index is 0.284. The molecule has 1 rings (SSSR count). The van der Waals surface area contributed by atoms with Gasteiger partial charge >= 0.3 is 0 Å². The van der Waals surface area contributed by atoms with E-state index in [1.807, 2.05) is 12.1 Å². The standard InChI is InChI=1S/C14H17BrO3/c1-8(2)11-7-10(5-6-12(11)18-4)13(15)14(17)9(3)16/h5-8,13H,1-4H3. The fraction of sp³-hybridized carbons (Fsp3) is 0.429. The van der Waals surface area contributed by atoms with Crippen molar-refractivity contribution in [2.24, 2.45) is 0 Å². The highest BCUT2D eigenvalue weighted by molar-refractivity contribution is 9.09. The molecule has 0 aliphatic carbocycles. The molecular formula is C14H17BrO3. The molecule has 0 heterocycles. The van der Waals surface area contributed by atoms with Crippen LogP contribution in [0, 0.1) is 0 Å². The number of methoxy groups -OCH3 is 1. The van der Waals surface area contributed by atoms with Crippen LogP contribution >= 0.6 is 15.9 Å². The van der Waals surface area contributed by atoms with Crippen LogP contribution in [0.4, 0.5) is 0 Å². The van der Waals surface area contributed by atoms with Crippen molar-refractivity contribution in [2.75, 3.05) is 7.11 Å². The molecule has 0 bridgehead atoms. The normalized spacial score (nSPS) is 12.3. The SMILES string of the molecule is COc1ccc(C(Br)C(=O)C(C)=O)cc1C(C)C. The van der Waals surface area contributed by atoms with Gasteiger partial charge in [0.25, 0.3) is 0 Å². The summed E-state index contributed by atoms with van der Waals surface area (Å²) in [7, 11) is 1.62. The Labute approximate surface area is 116 Å². The molecule has 0 amide bonds. The van der Waals surface area contributed by atoms with Crippen molar-refractivity contribution in [1.82, 2.24) is 0 Å². The third kappa shape index (κ3) is 3.19. The molecule has 1 atom stereocenters. The van der Waals surface area contributed by atoms with E-state index in [0.717, 1.165) is 16.9 Å². The van der Waals surface area contributed by atoms with Crippen LogP contribution in [0.3, 0.4) is 0 Å². The molecule has 18 heavy (non-hydrogen) atoms. The van der Waals surface area contributed by atoms with Gasteiger partial charge in [0.15, 0.2) is 5.78 Å². The number of hydrogen-bond donors (Lipinski definition) is 0. The Morgan fingerprint density at radius 3 is 2.33 bits per heavy atom. The second kappa shape index (κ2) is 6.14. The Morgan fingerprint density at radius 2 is 1.89 bits per heavy atom. The zero-order valence-corrected chi connectivity index (χ0v) is 12.6. The first-order valence-corrected chi connectivity index (χ1v) is 6.66. The monoisotopic (exact) mass is 312 g/mol. The van der Waals surface area contributed by atoms with E-state index < -0.39 is 16.4 Å². The summed E-state index contributed by atoms with van der Waals surface area (Å²) in [4.78, 5) is 22.2. The van der Waals surface area contributed by atoms with E-state index in [1.54, 1.807) is 13.2 Å². The average Bonchev–Trinajstić information content (AvgIpc) is 2.35. The second-order valence-electron chi connectivity index (χ2n) is 4.44. The summed E-state index contributed by atoms with van der Waals surface area (Å²) in [5, 5.41) is 0. The molecule has 0 saturated carbocycles. The van der Waals surface area contributed by atoms with E-state index in [2.05, 4.69) is 29.8 Å². The summed E-state index contributed by atoms with van der Waals surface area (Å²) in [5.41, 5.74) is 1.80. The van der Waals surface area contributed by atoms with Crippen LogP contribution in [0.5, 0.6) is 5.75 Å². The lowest BCUT2D eigenvalue weighted by molar-refractivity contribution is -0.135. The van der Waals surface area contributed by atoms with E-state index >= 15 is 0 Å². The molecule has 98 valence electrons. The molecule has 0 aromatic heterocycles. The molecule has 0 aliphatic rings. The topological polar surface area (TPSA) is 43.4 Å². The Morgan fingerprint density at radius 1 is 1.28 bits per heavy atom. The summed E-state index contributed by atoms with van der Waals surface area (Å²) < 4.78 is 5.28. The predicted octanol–water partition coefficient (Wildman–Crippen LogP) is 3.41. The van der Waals surface area contributed by atoms with Crippen LogP contribution in [0.25, 0.3) is 0 Å². The maximum atomic E-state index is 11.7. The Kier molecular flexibility index (Phi) is 5.08. The average molecular weight is 313 g/mol. The second-order valence-corrected chi connectivity index (χ2v) is 5.35. The smallest absolute Gasteiger partial charge is 0.216 e. The van der Waals surface area contributed by atoms with Crippen LogP contribution in [-0.4, -0.2) is 18.7 Å². The molecule has 0 aliphatic heterocycles. The van der Waals surface area contributed by atoms with Crippen molar-refractivity contribution in [1.29, 1.82) is 0 Å². The van der Waals surface area contributed by atoms with Gasteiger partial charge in [-0.3, -0.25) is 9.59 Å². The summed E-state index contributed by atoms with van der Waals surface area (Å²) in [6, 6.07) is 5.53. The molecule has 0 spiro atoms. The number of halogens is 1. The van der Waals surface area contributed by atoms with Crippen molar-refractivity contribution in [3.05, 3.63) is 29.3 Å². The van der Waals surface area contributed by atoms with Crippen LogP contribution in [0.2, 0.25) is 0 Å². The first-order valence-electron chi connectivity index (χ1n) is 5.75. The molecule has 1 unspecified atom stereocenters. The van der Waals surface area contributed by atoms with Gasteiger partial charge < -0.3 is 4.74 Å². The zero-order chi connectivity index (χ0) is 13.9. The first kappa shape index (κ1) is 14.9. The number of ketones is 2. The Balaban J connectivity index is 3.16. The van der Waals surface area contributed by atoms with Gasteiger partial charge in [-0.05, 0) is 23.1 Å². The lowest BCUT2D eigenvalue weighted by Crippen LogP contribution is -2.15. The molecule has 3 nitrogen and oxygen atoms in total. The summed E-state index contributed by atoms with van der Waals surface area (Å²) in [6.45, 7) is 5.39. The predicted molar refractivity (Wildman–Crippen MR) is 74.4 cm³/mol. The molecule has 1 aromatic carbocycles. The van der Waals surface area contributed by atoms with Crippen molar-refractivity contribution < 1.29 is 14.3 Å². The van der Waals surface area contributed by atoms with Gasteiger partial charge in [-0.1, -0.05) is 41.9 Å². The largest absolute Gasteiger partial charge is 0.496 e. The maximum Gasteiger partial charge on any atom is 0.216 e. The van der Waals surface area contributed by atoms with Crippen LogP contribution in [-0.2, 0) is 9.59 Å². The number of hydrogen-bond acceptors (Lipinski definition) is 3. The molecule has 0 N–H and O–H groups in total. The zero-order valence-electron chi connectivity index (χ0n) is 11.0. The van der Waals surface area contributed by atoms with E-state index in [1.165, 1.54) is 6.92 Å². The quantitative estimate of drug-likeness (QED) is 0.618. The summed E-state index contributed by atoms with van der Waals surface area (Å²) in [6.07, 6.45) is 0. The molecule has 0 fully saturated rings. The fourth-order valence-electron chi connectivity index (χ4n) is 1.69. The van der Waals surface area contributed by atoms with Gasteiger partial charge in [0, 0.05) is 6.92 Å². The van der Waals surface area contributed by atoms with Crippen LogP contribution < -0.4 is 4.74 Å². The van der Waals surface area contributed by atoms with Crippen molar-refractivity contribution in [2.45, 2.75) is 31.5 Å². The van der Waals surface area contributed by atoms with Crippen molar-refractivity contribution in [3.63, 3.8) is 0 Å². The number of carbonyl (C=O) groups excluding carboxylic acids is 2. The number of rotatable bonds is 5. The minimum Gasteiger partial charge on any atom is -0.496 e. The van der Waals surface area contributed by atoms with Gasteiger partial charge in [-0.15, -0.1) is 0 Å². The van der Waals surface area contributed by atoms with Crippen molar-refractivity contribution in [3.8, 4) is 5.75 Å². The van der Waals surface area contributed by atoms with Gasteiger partial charge in [0.05, 0.1) is 7.11 Å². The number of alkyl halides is 1. The van der Waals surface area contributed by atoms with Crippen LogP contribution in [0.15, 0.2) is 18.2 Å². The van der Waals surface area contributed by atoms with Gasteiger partial charge in [0.2, 0.25) is 5.78 Å². The maximum absolute atomic E-state index is 11.7. The van der Waals surface area contributed by atoms with E-state index in [0.29, 0.717) is 0 Å². The highest BCUT2D eigenvalue weighted by Gasteiger charge is 2.22. The number of ether oxygens (including phenoxy) is 1. The summed E-state index contributed by atoms with van der Waals surface area (Å²) in [5.74, 6) is 0.199. The third-order valence-electron chi connectivity index (χ3n) is 2.75. The molecule has 0 saturated heterocycles. The lowest BCUT2D eigenvalue weighted by atomic mass is 9.97. The highest BCUT2D eigenvalue weighted by Crippen LogP contribution is 2.32. The number of carbonyl (C=O) groups is 2. The minimum atomic E-state index is -0.585. The van der Waals surface area contributed by atoms with E-state index in [4.69, 9.17) is 4.74 Å². The van der Waals surface area contributed by atoms with Gasteiger partial charge in [-0.25, -0.2) is 0 Å². The molecular weight excluding hydrogens is 296 g/mol. The highest BCUT2D eigenvalue weighted by atomic mass is 79.9. The van der Waals surface area contributed by atoms with Crippen molar-refractivity contribution >= 4 is 27.5 Å². The lowest BCUT2D eigenvalue weighted by Gasteiger charge is -2.15. The van der Waals surface area contributed by atoms with Crippen LogP contribution in [0.1, 0.15) is 42.6 Å². The molecule has 0 radical (unpaired) electrons. The fourth-order valence-corrected chi connectivity index (χ4v) is 2.30. The first-order chi connectivity index (χ1) is 8.38. The van der Waals surface area contributed by atoms with E-state index in [9.17, 15) is 9.59 Å². The Bertz CT molecular complexity index is 466. The van der Waals surface area contributed by atoms with Gasteiger partial charge in [0.1, 0.15) is 10.6 Å². The van der Waals surface area contributed by atoms with Gasteiger partial charge in [-0.2, -0.15) is 0 Å². The number of Topliss-reactive ketones (excluding diaryl/α,β-unsaturated/α-hetero) is 2. The summed E-state index contributed by atoms with van der Waals surface area (Å²) >= 11 is 3.27. The third-order valence-corrected chi connectivity index (χ3v) is 3.69. The molecule has 4 heteroatoms. The van der Waals surface area contributed by atoms with E-state index in [-0.39, 0.29) is 5.92 Å². The Hall–Kier alpha value is -1.16. The number of benzene rings is 1. The molecule has 1 aromatic rings.